The van der Waals surface area contributed by atoms with E-state index in [2.05, 4.69) is 16.0 Å². The van der Waals surface area contributed by atoms with E-state index in [1.54, 1.807) is 18.2 Å². The number of rotatable bonds is 2. The maximum Gasteiger partial charge on any atom is 0.146 e. The number of anilines is 1. The Labute approximate surface area is 141 Å². The Morgan fingerprint density at radius 2 is 1.83 bits per heavy atom. The van der Waals surface area contributed by atoms with E-state index in [4.69, 9.17) is 11.6 Å². The zero-order valence-corrected chi connectivity index (χ0v) is 13.7. The predicted molar refractivity (Wildman–Crippen MR) is 90.5 cm³/mol. The van der Waals surface area contributed by atoms with Gasteiger partial charge in [-0.3, -0.25) is 0 Å². The summed E-state index contributed by atoms with van der Waals surface area (Å²) in [4.78, 5) is 6.58. The fourth-order valence-corrected chi connectivity index (χ4v) is 3.13. The molecular weight excluding hydrogens is 310 g/mol. The van der Waals surface area contributed by atoms with E-state index in [1.807, 2.05) is 25.1 Å². The zero-order chi connectivity index (χ0) is 16.4. The van der Waals surface area contributed by atoms with Gasteiger partial charge in [-0.05, 0) is 49.6 Å². The summed E-state index contributed by atoms with van der Waals surface area (Å²) in [5, 5.41) is 20.9. The molecule has 1 fully saturated rings. The highest BCUT2D eigenvalue weighted by Gasteiger charge is 2.34. The first-order valence-electron chi connectivity index (χ1n) is 7.63. The van der Waals surface area contributed by atoms with Gasteiger partial charge in [0.1, 0.15) is 11.9 Å². The minimum Gasteiger partial charge on any atom is -0.385 e. The summed E-state index contributed by atoms with van der Waals surface area (Å²) in [5.41, 5.74) is 1.50. The molecule has 0 radical (unpaired) electrons. The van der Waals surface area contributed by atoms with Crippen LogP contribution in [0.15, 0.2) is 36.4 Å². The number of hydrogen-bond donors (Lipinski definition) is 1. The summed E-state index contributed by atoms with van der Waals surface area (Å²) in [5.74, 6) is 0.714. The lowest BCUT2D eigenvalue weighted by molar-refractivity contribution is 0.0116. The summed E-state index contributed by atoms with van der Waals surface area (Å²) in [7, 11) is 0. The molecule has 2 aromatic rings. The Kier molecular flexibility index (Phi) is 4.25. The first-order chi connectivity index (χ1) is 11.0. The lowest BCUT2D eigenvalue weighted by Gasteiger charge is -2.39. The molecule has 0 bridgehead atoms. The van der Waals surface area contributed by atoms with Gasteiger partial charge in [-0.25, -0.2) is 4.98 Å². The Morgan fingerprint density at radius 3 is 2.43 bits per heavy atom. The smallest absolute Gasteiger partial charge is 0.146 e. The van der Waals surface area contributed by atoms with Gasteiger partial charge in [0.2, 0.25) is 0 Å². The van der Waals surface area contributed by atoms with E-state index in [1.165, 1.54) is 0 Å². The van der Waals surface area contributed by atoms with Crippen LogP contribution < -0.4 is 4.90 Å². The van der Waals surface area contributed by atoms with Crippen LogP contribution in [-0.2, 0) is 5.60 Å². The van der Waals surface area contributed by atoms with Crippen molar-refractivity contribution >= 4 is 17.4 Å². The topological polar surface area (TPSA) is 60.2 Å². The van der Waals surface area contributed by atoms with Gasteiger partial charge in [0.25, 0.3) is 0 Å². The van der Waals surface area contributed by atoms with E-state index in [-0.39, 0.29) is 0 Å². The van der Waals surface area contributed by atoms with Crippen LogP contribution in [0.2, 0.25) is 5.02 Å². The van der Waals surface area contributed by atoms with Gasteiger partial charge < -0.3 is 10.0 Å². The van der Waals surface area contributed by atoms with Crippen molar-refractivity contribution in [3.05, 3.63) is 58.2 Å². The molecule has 0 amide bonds. The average Bonchev–Trinajstić information content (AvgIpc) is 2.56. The fourth-order valence-electron chi connectivity index (χ4n) is 3.01. The molecule has 0 atom stereocenters. The quantitative estimate of drug-likeness (QED) is 0.918. The van der Waals surface area contributed by atoms with Gasteiger partial charge in [-0.2, -0.15) is 5.26 Å². The summed E-state index contributed by atoms with van der Waals surface area (Å²) < 4.78 is 0. The van der Waals surface area contributed by atoms with Crippen LogP contribution in [0, 0.1) is 18.3 Å². The van der Waals surface area contributed by atoms with Crippen LogP contribution in [0.3, 0.4) is 0 Å². The SMILES string of the molecule is Cc1ccc(C#N)c(N2CCC(O)(c3ccc(Cl)cc3)CC2)n1. The number of aromatic nitrogens is 1. The highest BCUT2D eigenvalue weighted by Crippen LogP contribution is 2.35. The molecule has 5 heteroatoms. The second-order valence-corrected chi connectivity index (χ2v) is 6.40. The Hall–Kier alpha value is -2.09. The third-order valence-electron chi connectivity index (χ3n) is 4.41. The van der Waals surface area contributed by atoms with Crippen molar-refractivity contribution in [2.24, 2.45) is 0 Å². The largest absolute Gasteiger partial charge is 0.385 e. The molecule has 4 nitrogen and oxygen atoms in total. The van der Waals surface area contributed by atoms with Crippen molar-refractivity contribution < 1.29 is 5.11 Å². The third kappa shape index (κ3) is 3.17. The summed E-state index contributed by atoms with van der Waals surface area (Å²) >= 11 is 5.92. The number of piperidine rings is 1. The molecule has 1 N–H and O–H groups in total. The van der Waals surface area contributed by atoms with Crippen molar-refractivity contribution in [2.45, 2.75) is 25.4 Å². The second-order valence-electron chi connectivity index (χ2n) is 5.96. The average molecular weight is 328 g/mol. The molecule has 3 rings (SSSR count). The molecule has 1 saturated heterocycles. The molecule has 0 spiro atoms. The van der Waals surface area contributed by atoms with Crippen LogP contribution in [-0.4, -0.2) is 23.2 Å². The van der Waals surface area contributed by atoms with E-state index in [9.17, 15) is 10.4 Å². The molecule has 1 aromatic heterocycles. The van der Waals surface area contributed by atoms with Crippen LogP contribution in [0.1, 0.15) is 29.7 Å². The predicted octanol–water partition coefficient (Wildman–Crippen LogP) is 3.40. The summed E-state index contributed by atoms with van der Waals surface area (Å²) in [6.45, 7) is 3.23. The number of benzene rings is 1. The highest BCUT2D eigenvalue weighted by atomic mass is 35.5. The zero-order valence-electron chi connectivity index (χ0n) is 13.0. The molecule has 23 heavy (non-hydrogen) atoms. The molecular formula is C18H18ClN3O. The minimum absolute atomic E-state index is 0.576. The van der Waals surface area contributed by atoms with E-state index >= 15 is 0 Å². The van der Waals surface area contributed by atoms with Crippen molar-refractivity contribution in [1.29, 1.82) is 5.26 Å². The Balaban J connectivity index is 1.80. The fraction of sp³-hybridized carbons (Fsp3) is 0.333. The minimum atomic E-state index is -0.849. The van der Waals surface area contributed by atoms with Gasteiger partial charge in [0, 0.05) is 23.8 Å². The van der Waals surface area contributed by atoms with Gasteiger partial charge in [-0.1, -0.05) is 23.7 Å². The standard InChI is InChI=1S/C18H18ClN3O/c1-13-2-3-14(12-20)17(21-13)22-10-8-18(23,9-11-22)15-4-6-16(19)7-5-15/h2-7,23H,8-11H2,1H3. The summed E-state index contributed by atoms with van der Waals surface area (Å²) in [6.07, 6.45) is 1.18. The molecule has 1 aliphatic heterocycles. The Bertz CT molecular complexity index is 744. The second kappa shape index (κ2) is 6.19. The first kappa shape index (κ1) is 15.8. The van der Waals surface area contributed by atoms with Gasteiger partial charge in [0.15, 0.2) is 0 Å². The van der Waals surface area contributed by atoms with Crippen LogP contribution in [0.25, 0.3) is 0 Å². The van der Waals surface area contributed by atoms with Gasteiger partial charge in [0.05, 0.1) is 11.2 Å². The van der Waals surface area contributed by atoms with Crippen LogP contribution in [0.5, 0.6) is 0 Å². The molecule has 0 saturated carbocycles. The third-order valence-corrected chi connectivity index (χ3v) is 4.66. The normalized spacial score (nSPS) is 16.9. The molecule has 2 heterocycles. The maximum atomic E-state index is 10.9. The van der Waals surface area contributed by atoms with Crippen LogP contribution in [0.4, 0.5) is 5.82 Å². The van der Waals surface area contributed by atoms with E-state index < -0.39 is 5.60 Å². The van der Waals surface area contributed by atoms with Gasteiger partial charge in [-0.15, -0.1) is 0 Å². The van der Waals surface area contributed by atoms with Crippen LogP contribution >= 0.6 is 11.6 Å². The van der Waals surface area contributed by atoms with Crippen molar-refractivity contribution in [3.63, 3.8) is 0 Å². The molecule has 118 valence electrons. The van der Waals surface area contributed by atoms with Crippen molar-refractivity contribution in [1.82, 2.24) is 4.98 Å². The van der Waals surface area contributed by atoms with Crippen molar-refractivity contribution in [2.75, 3.05) is 18.0 Å². The molecule has 1 aromatic carbocycles. The van der Waals surface area contributed by atoms with Crippen molar-refractivity contribution in [3.8, 4) is 6.07 Å². The molecule has 0 unspecified atom stereocenters. The van der Waals surface area contributed by atoms with Gasteiger partial charge >= 0.3 is 0 Å². The Morgan fingerprint density at radius 1 is 1.17 bits per heavy atom. The first-order valence-corrected chi connectivity index (χ1v) is 8.01. The number of hydrogen-bond acceptors (Lipinski definition) is 4. The number of nitrogens with zero attached hydrogens (tertiary/aromatic N) is 3. The van der Waals surface area contributed by atoms with E-state index in [0.29, 0.717) is 42.3 Å². The monoisotopic (exact) mass is 327 g/mol. The number of aryl methyl sites for hydroxylation is 1. The number of nitriles is 1. The maximum absolute atomic E-state index is 10.9. The molecule has 1 aliphatic rings. The summed E-state index contributed by atoms with van der Waals surface area (Å²) in [6, 6.07) is 13.2. The van der Waals surface area contributed by atoms with E-state index in [0.717, 1.165) is 11.3 Å². The number of pyridine rings is 1. The number of aliphatic hydroxyl groups is 1. The lowest BCUT2D eigenvalue weighted by Crippen LogP contribution is -2.43. The lowest BCUT2D eigenvalue weighted by atomic mass is 9.84. The number of halogens is 1. The molecule has 0 aliphatic carbocycles. The highest BCUT2D eigenvalue weighted by molar-refractivity contribution is 6.30.